The lowest BCUT2D eigenvalue weighted by molar-refractivity contribution is -0.137. The van der Waals surface area contributed by atoms with Gasteiger partial charge in [-0.05, 0) is 36.2 Å². The number of hydrogen-bond acceptors (Lipinski definition) is 8. The zero-order valence-corrected chi connectivity index (χ0v) is 25.6. The number of carbonyl (C=O) groups is 4. The van der Waals surface area contributed by atoms with Gasteiger partial charge in [0, 0.05) is 65.1 Å². The maximum absolute atomic E-state index is 13.2. The molecule has 3 heterocycles. The van der Waals surface area contributed by atoms with Gasteiger partial charge in [0.1, 0.15) is 30.4 Å². The van der Waals surface area contributed by atoms with Crippen molar-refractivity contribution >= 4 is 23.9 Å². The Hall–Kier alpha value is -4.56. The van der Waals surface area contributed by atoms with Gasteiger partial charge in [-0.1, -0.05) is 12.1 Å². The number of likely N-dealkylation sites (tertiary alicyclic amines) is 1. The van der Waals surface area contributed by atoms with E-state index in [1.165, 1.54) is 0 Å². The number of methoxy groups -OCH3 is 1. The quantitative estimate of drug-likeness (QED) is 0.408. The normalized spacial score (nSPS) is 21.0. The predicted octanol–water partition coefficient (Wildman–Crippen LogP) is 1.40. The summed E-state index contributed by atoms with van der Waals surface area (Å²) < 4.78 is 23.3. The van der Waals surface area contributed by atoms with Gasteiger partial charge in [-0.15, -0.1) is 0 Å². The van der Waals surface area contributed by atoms with Gasteiger partial charge in [-0.2, -0.15) is 0 Å². The average molecular weight is 625 g/mol. The zero-order valence-electron chi connectivity index (χ0n) is 25.6. The highest BCUT2D eigenvalue weighted by atomic mass is 16.5. The Kier molecular flexibility index (Phi) is 10.6. The summed E-state index contributed by atoms with van der Waals surface area (Å²) in [7, 11) is 3.29. The lowest BCUT2D eigenvalue weighted by Crippen LogP contribution is -2.58. The largest absolute Gasteiger partial charge is 0.491 e. The van der Waals surface area contributed by atoms with Crippen LogP contribution in [0.3, 0.4) is 0 Å². The van der Waals surface area contributed by atoms with Crippen LogP contribution in [0.25, 0.3) is 0 Å². The standard InChI is InChI=1S/C31H40N6O8/c1-35-10-11-37(31(35)41)19-28(38)36-9-6-26-27(18-36)44-20-21-4-3-5-23(14-21)45-25-16-22(15-24(17-25)43-13-12-42-2)29(39)32-7-8-33-30(40)34-26/h3-5,14-17,26-27H,6-13,18-20H2,1-2H3,(H,32,39)(H2,33,34,40)/t26-,27-/m0/s1. The monoisotopic (exact) mass is 624 g/mol. The molecule has 4 bridgehead atoms. The van der Waals surface area contributed by atoms with Crippen LogP contribution in [0.2, 0.25) is 0 Å². The van der Waals surface area contributed by atoms with E-state index in [4.69, 9.17) is 18.9 Å². The van der Waals surface area contributed by atoms with Crippen molar-refractivity contribution < 1.29 is 38.1 Å². The summed E-state index contributed by atoms with van der Waals surface area (Å²) in [4.78, 5) is 56.1. The lowest BCUT2D eigenvalue weighted by Gasteiger charge is -2.39. The molecule has 3 aliphatic rings. The van der Waals surface area contributed by atoms with Crippen molar-refractivity contribution in [1.82, 2.24) is 30.7 Å². The Morgan fingerprint density at radius 3 is 2.64 bits per heavy atom. The van der Waals surface area contributed by atoms with Crippen molar-refractivity contribution in [2.45, 2.75) is 25.2 Å². The van der Waals surface area contributed by atoms with Crippen LogP contribution in [0.15, 0.2) is 42.5 Å². The molecular weight excluding hydrogens is 584 g/mol. The number of hydrogen-bond donors (Lipinski definition) is 3. The van der Waals surface area contributed by atoms with Crippen molar-refractivity contribution in [1.29, 1.82) is 0 Å². The number of rotatable bonds is 6. The van der Waals surface area contributed by atoms with Gasteiger partial charge in [0.15, 0.2) is 0 Å². The minimum Gasteiger partial charge on any atom is -0.491 e. The summed E-state index contributed by atoms with van der Waals surface area (Å²) in [6, 6.07) is 11.4. The molecule has 2 atom stereocenters. The summed E-state index contributed by atoms with van der Waals surface area (Å²) in [5, 5.41) is 8.56. The Morgan fingerprint density at radius 1 is 1.00 bits per heavy atom. The fourth-order valence-electron chi connectivity index (χ4n) is 5.39. The third-order valence-corrected chi connectivity index (χ3v) is 7.85. The molecule has 0 spiro atoms. The third-order valence-electron chi connectivity index (χ3n) is 7.85. The van der Waals surface area contributed by atoms with Crippen molar-refractivity contribution in [3.8, 4) is 17.2 Å². The molecule has 0 saturated carbocycles. The molecule has 3 N–H and O–H groups in total. The zero-order chi connectivity index (χ0) is 31.8. The molecule has 2 aromatic rings. The number of benzene rings is 2. The molecule has 242 valence electrons. The van der Waals surface area contributed by atoms with Crippen molar-refractivity contribution in [2.24, 2.45) is 0 Å². The number of nitrogens with zero attached hydrogens (tertiary/aromatic N) is 3. The lowest BCUT2D eigenvalue weighted by atomic mass is 10.0. The van der Waals surface area contributed by atoms with Crippen LogP contribution in [-0.2, 0) is 20.9 Å². The van der Waals surface area contributed by atoms with Gasteiger partial charge < -0.3 is 49.6 Å². The topological polar surface area (TPSA) is 151 Å². The number of amides is 6. The molecule has 0 radical (unpaired) electrons. The van der Waals surface area contributed by atoms with Gasteiger partial charge in [-0.25, -0.2) is 9.59 Å². The first-order valence-electron chi connectivity index (χ1n) is 15.0. The van der Waals surface area contributed by atoms with E-state index < -0.39 is 12.1 Å². The predicted molar refractivity (Wildman–Crippen MR) is 162 cm³/mol. The van der Waals surface area contributed by atoms with E-state index in [-0.39, 0.29) is 56.7 Å². The Bertz CT molecular complexity index is 1390. The number of nitrogens with one attached hydrogen (secondary N) is 3. The Morgan fingerprint density at radius 2 is 1.84 bits per heavy atom. The fraction of sp³-hybridized carbons (Fsp3) is 0.484. The van der Waals surface area contributed by atoms with E-state index in [9.17, 15) is 19.2 Å². The Balaban J connectivity index is 1.33. The maximum atomic E-state index is 13.2. The summed E-state index contributed by atoms with van der Waals surface area (Å²) in [6.45, 7) is 3.02. The summed E-state index contributed by atoms with van der Waals surface area (Å²) in [5.74, 6) is 0.887. The van der Waals surface area contributed by atoms with Crippen LogP contribution < -0.4 is 25.4 Å². The number of piperidine rings is 1. The molecule has 5 rings (SSSR count). The fourth-order valence-corrected chi connectivity index (χ4v) is 5.39. The first kappa shape index (κ1) is 31.9. The molecule has 2 aromatic carbocycles. The van der Waals surface area contributed by atoms with E-state index >= 15 is 0 Å². The molecule has 3 aliphatic heterocycles. The van der Waals surface area contributed by atoms with Gasteiger partial charge in [0.05, 0.1) is 25.4 Å². The van der Waals surface area contributed by atoms with Crippen molar-refractivity contribution in [3.63, 3.8) is 0 Å². The van der Waals surface area contributed by atoms with E-state index in [1.807, 2.05) is 18.2 Å². The van der Waals surface area contributed by atoms with Gasteiger partial charge >= 0.3 is 12.1 Å². The van der Waals surface area contributed by atoms with Crippen LogP contribution in [0.4, 0.5) is 9.59 Å². The second-order valence-electron chi connectivity index (χ2n) is 11.2. The molecule has 0 unspecified atom stereocenters. The number of likely N-dealkylation sites (N-methyl/N-ethyl adjacent to an activating group) is 1. The highest BCUT2D eigenvalue weighted by Gasteiger charge is 2.35. The number of carbonyl (C=O) groups excluding carboxylic acids is 4. The molecule has 45 heavy (non-hydrogen) atoms. The highest BCUT2D eigenvalue weighted by molar-refractivity contribution is 5.95. The summed E-state index contributed by atoms with van der Waals surface area (Å²) in [5.41, 5.74) is 1.16. The van der Waals surface area contributed by atoms with Crippen LogP contribution >= 0.6 is 0 Å². The van der Waals surface area contributed by atoms with Gasteiger partial charge in [0.2, 0.25) is 5.91 Å². The third kappa shape index (κ3) is 8.54. The Labute approximate surface area is 261 Å². The van der Waals surface area contributed by atoms with Crippen molar-refractivity contribution in [2.75, 3.05) is 73.2 Å². The molecule has 2 fully saturated rings. The smallest absolute Gasteiger partial charge is 0.320 e. The van der Waals surface area contributed by atoms with Gasteiger partial charge in [0.25, 0.3) is 5.91 Å². The van der Waals surface area contributed by atoms with E-state index in [2.05, 4.69) is 16.0 Å². The van der Waals surface area contributed by atoms with E-state index in [0.29, 0.717) is 62.1 Å². The van der Waals surface area contributed by atoms with E-state index in [1.54, 1.807) is 53.1 Å². The number of ether oxygens (including phenoxy) is 4. The number of urea groups is 2. The second-order valence-corrected chi connectivity index (χ2v) is 11.2. The van der Waals surface area contributed by atoms with Crippen LogP contribution in [0.1, 0.15) is 22.3 Å². The molecule has 6 amide bonds. The van der Waals surface area contributed by atoms with Crippen LogP contribution in [-0.4, -0.2) is 124 Å². The minimum absolute atomic E-state index is 0.0000841. The molecule has 14 nitrogen and oxygen atoms in total. The van der Waals surface area contributed by atoms with Crippen LogP contribution in [0.5, 0.6) is 17.2 Å². The summed E-state index contributed by atoms with van der Waals surface area (Å²) in [6.07, 6.45) is -0.0295. The second kappa shape index (κ2) is 14.9. The minimum atomic E-state index is -0.503. The SMILES string of the molecule is COCCOc1cc2cc(c1)C(=O)NCCNC(=O)N[C@H]1CCN(C(=O)CN3CCN(C)C3=O)C[C@@H]1OCc1cccc(c1)O2. The molecule has 14 heteroatoms. The molecular formula is C31H40N6O8. The van der Waals surface area contributed by atoms with E-state index in [0.717, 1.165) is 5.56 Å². The first-order chi connectivity index (χ1) is 21.8. The van der Waals surface area contributed by atoms with Crippen LogP contribution in [0, 0.1) is 0 Å². The molecule has 0 aromatic heterocycles. The highest BCUT2D eigenvalue weighted by Crippen LogP contribution is 2.29. The molecule has 0 aliphatic carbocycles. The number of fused-ring (bicyclic) bond motifs is 5. The van der Waals surface area contributed by atoms with Gasteiger partial charge in [-0.3, -0.25) is 9.59 Å². The average Bonchev–Trinajstić information content (AvgIpc) is 3.34. The van der Waals surface area contributed by atoms with Crippen molar-refractivity contribution in [3.05, 3.63) is 53.6 Å². The summed E-state index contributed by atoms with van der Waals surface area (Å²) >= 11 is 0. The maximum Gasteiger partial charge on any atom is 0.320 e. The molecule has 2 saturated heterocycles. The first-order valence-corrected chi connectivity index (χ1v) is 15.0.